The highest BCUT2D eigenvalue weighted by Crippen LogP contribution is 2.30. The lowest BCUT2D eigenvalue weighted by Gasteiger charge is -2.06. The average Bonchev–Trinajstić information content (AvgIpc) is 3.30. The maximum absolute atomic E-state index is 11.9. The van der Waals surface area contributed by atoms with Gasteiger partial charge in [-0.2, -0.15) is 0 Å². The molecule has 2 aromatic heterocycles. The molecule has 12 heteroatoms. The Balaban J connectivity index is 1.54. The third-order valence-electron chi connectivity index (χ3n) is 3.42. The fourth-order valence-corrected chi connectivity index (χ4v) is 3.18. The summed E-state index contributed by atoms with van der Waals surface area (Å²) in [7, 11) is 0. The molecule has 3 rings (SSSR count). The van der Waals surface area contributed by atoms with Crippen molar-refractivity contribution in [2.24, 2.45) is 0 Å². The van der Waals surface area contributed by atoms with E-state index in [1.54, 1.807) is 30.3 Å². The molecule has 0 saturated heterocycles. The van der Waals surface area contributed by atoms with E-state index in [4.69, 9.17) is 33.5 Å². The van der Waals surface area contributed by atoms with Gasteiger partial charge < -0.3 is 15.6 Å². The second-order valence-corrected chi connectivity index (χ2v) is 7.19. The number of nitrogen functional groups attached to an aromatic ring is 1. The van der Waals surface area contributed by atoms with Gasteiger partial charge in [-0.1, -0.05) is 35.0 Å². The molecule has 0 aliphatic heterocycles. The SMILES string of the molecule is Nn1c(SCC(=O)NC(=O)NCc2ccco2)nnc1-c1cc(Cl)ccc1Cl. The number of rotatable bonds is 6. The van der Waals surface area contributed by atoms with Crippen LogP contribution in [0.3, 0.4) is 0 Å². The van der Waals surface area contributed by atoms with Gasteiger partial charge in [0.25, 0.3) is 0 Å². The smallest absolute Gasteiger partial charge is 0.321 e. The second kappa shape index (κ2) is 9.00. The lowest BCUT2D eigenvalue weighted by atomic mass is 10.2. The van der Waals surface area contributed by atoms with Crippen molar-refractivity contribution in [3.63, 3.8) is 0 Å². The summed E-state index contributed by atoms with van der Waals surface area (Å²) in [5.74, 6) is 6.25. The number of hydrogen-bond donors (Lipinski definition) is 3. The van der Waals surface area contributed by atoms with Crippen molar-refractivity contribution in [2.45, 2.75) is 11.7 Å². The van der Waals surface area contributed by atoms with E-state index in [0.717, 1.165) is 11.8 Å². The van der Waals surface area contributed by atoms with Crippen LogP contribution in [0.1, 0.15) is 5.76 Å². The van der Waals surface area contributed by atoms with Crippen molar-refractivity contribution in [3.8, 4) is 11.4 Å². The Hall–Kier alpha value is -2.69. The summed E-state index contributed by atoms with van der Waals surface area (Å²) in [4.78, 5) is 23.6. The lowest BCUT2D eigenvalue weighted by molar-refractivity contribution is -0.117. The average molecular weight is 441 g/mol. The van der Waals surface area contributed by atoms with Gasteiger partial charge in [0.05, 0.1) is 23.6 Å². The predicted molar refractivity (Wildman–Crippen MR) is 105 cm³/mol. The van der Waals surface area contributed by atoms with Crippen molar-refractivity contribution < 1.29 is 14.0 Å². The molecule has 2 heterocycles. The van der Waals surface area contributed by atoms with E-state index in [1.807, 2.05) is 0 Å². The van der Waals surface area contributed by atoms with Crippen LogP contribution >= 0.6 is 35.0 Å². The zero-order valence-corrected chi connectivity index (χ0v) is 16.5. The molecule has 0 fully saturated rings. The van der Waals surface area contributed by atoms with Crippen LogP contribution in [0.5, 0.6) is 0 Å². The Morgan fingerprint density at radius 3 is 2.82 bits per heavy atom. The minimum Gasteiger partial charge on any atom is -0.467 e. The summed E-state index contributed by atoms with van der Waals surface area (Å²) in [6.07, 6.45) is 1.49. The molecule has 0 atom stereocenters. The van der Waals surface area contributed by atoms with Crippen molar-refractivity contribution >= 4 is 46.9 Å². The van der Waals surface area contributed by atoms with E-state index in [0.29, 0.717) is 27.2 Å². The summed E-state index contributed by atoms with van der Waals surface area (Å²) >= 11 is 13.1. The van der Waals surface area contributed by atoms with E-state index in [1.165, 1.54) is 10.9 Å². The number of amides is 3. The first-order chi connectivity index (χ1) is 13.4. The zero-order valence-electron chi connectivity index (χ0n) is 14.2. The molecule has 3 amide bonds. The molecule has 0 radical (unpaired) electrons. The van der Waals surface area contributed by atoms with Gasteiger partial charge in [-0.05, 0) is 30.3 Å². The highest BCUT2D eigenvalue weighted by molar-refractivity contribution is 7.99. The van der Waals surface area contributed by atoms with E-state index in [-0.39, 0.29) is 17.5 Å². The molecule has 0 unspecified atom stereocenters. The van der Waals surface area contributed by atoms with Crippen LogP contribution in [0, 0.1) is 0 Å². The fraction of sp³-hybridized carbons (Fsp3) is 0.125. The van der Waals surface area contributed by atoms with E-state index >= 15 is 0 Å². The summed E-state index contributed by atoms with van der Waals surface area (Å²) in [6.45, 7) is 0.167. The molecule has 3 aromatic rings. The van der Waals surface area contributed by atoms with Gasteiger partial charge in [0.2, 0.25) is 11.1 Å². The van der Waals surface area contributed by atoms with Gasteiger partial charge >= 0.3 is 6.03 Å². The maximum Gasteiger partial charge on any atom is 0.321 e. The maximum atomic E-state index is 11.9. The monoisotopic (exact) mass is 440 g/mol. The molecule has 9 nitrogen and oxygen atoms in total. The third kappa shape index (κ3) is 4.97. The first-order valence-electron chi connectivity index (χ1n) is 7.83. The number of nitrogens with zero attached hydrogens (tertiary/aromatic N) is 3. The number of hydrogen-bond acceptors (Lipinski definition) is 7. The zero-order chi connectivity index (χ0) is 20.1. The Morgan fingerprint density at radius 1 is 1.25 bits per heavy atom. The van der Waals surface area contributed by atoms with Gasteiger partial charge in [0, 0.05) is 10.6 Å². The first kappa shape index (κ1) is 20.1. The highest BCUT2D eigenvalue weighted by Gasteiger charge is 2.17. The van der Waals surface area contributed by atoms with Crippen LogP contribution in [-0.4, -0.2) is 32.6 Å². The molecular formula is C16H14Cl2N6O3S. The minimum atomic E-state index is -0.636. The normalized spacial score (nSPS) is 10.6. The number of thioether (sulfide) groups is 1. The highest BCUT2D eigenvalue weighted by atomic mass is 35.5. The van der Waals surface area contributed by atoms with Crippen molar-refractivity contribution in [3.05, 3.63) is 52.4 Å². The number of carbonyl (C=O) groups is 2. The molecule has 1 aromatic carbocycles. The number of carbonyl (C=O) groups excluding carboxylic acids is 2. The van der Waals surface area contributed by atoms with E-state index < -0.39 is 11.9 Å². The Kier molecular flexibility index (Phi) is 6.45. The first-order valence-corrected chi connectivity index (χ1v) is 9.57. The van der Waals surface area contributed by atoms with Crippen LogP contribution in [0.2, 0.25) is 10.0 Å². The fourth-order valence-electron chi connectivity index (χ4n) is 2.15. The van der Waals surface area contributed by atoms with Crippen molar-refractivity contribution in [2.75, 3.05) is 11.6 Å². The summed E-state index contributed by atoms with van der Waals surface area (Å²) in [6, 6.07) is 7.64. The number of aromatic nitrogens is 3. The molecule has 0 saturated carbocycles. The molecule has 146 valence electrons. The largest absolute Gasteiger partial charge is 0.467 e. The van der Waals surface area contributed by atoms with Crippen LogP contribution in [0.15, 0.2) is 46.2 Å². The number of furan rings is 1. The molecule has 0 bridgehead atoms. The van der Waals surface area contributed by atoms with Gasteiger partial charge in [-0.3, -0.25) is 10.1 Å². The van der Waals surface area contributed by atoms with Crippen LogP contribution in [0.25, 0.3) is 11.4 Å². The van der Waals surface area contributed by atoms with Gasteiger partial charge in [0.15, 0.2) is 5.82 Å². The summed E-state index contributed by atoms with van der Waals surface area (Å²) in [5.41, 5.74) is 0.512. The topological polar surface area (TPSA) is 128 Å². The number of benzene rings is 1. The molecule has 28 heavy (non-hydrogen) atoms. The second-order valence-electron chi connectivity index (χ2n) is 5.40. The van der Waals surface area contributed by atoms with Gasteiger partial charge in [0.1, 0.15) is 5.76 Å². The number of urea groups is 1. The molecular weight excluding hydrogens is 427 g/mol. The Bertz CT molecular complexity index is 992. The molecule has 4 N–H and O–H groups in total. The Labute approximate surface area is 173 Å². The summed E-state index contributed by atoms with van der Waals surface area (Å²) in [5, 5.41) is 13.8. The minimum absolute atomic E-state index is 0.0905. The van der Waals surface area contributed by atoms with Crippen molar-refractivity contribution in [1.29, 1.82) is 0 Å². The van der Waals surface area contributed by atoms with Gasteiger partial charge in [-0.15, -0.1) is 10.2 Å². The Morgan fingerprint density at radius 2 is 2.07 bits per heavy atom. The van der Waals surface area contributed by atoms with E-state index in [2.05, 4.69) is 20.8 Å². The standard InChI is InChI=1S/C16H14Cl2N6O3S/c17-9-3-4-12(18)11(6-9)14-22-23-16(24(14)19)28-8-13(25)21-15(26)20-7-10-2-1-5-27-10/h1-6H,7-8,19H2,(H2,20,21,25,26). The number of nitrogens with one attached hydrogen (secondary N) is 2. The molecule has 0 aliphatic rings. The number of nitrogens with two attached hydrogens (primary N) is 1. The third-order valence-corrected chi connectivity index (χ3v) is 4.93. The van der Waals surface area contributed by atoms with Crippen molar-refractivity contribution in [1.82, 2.24) is 25.5 Å². The number of imide groups is 1. The predicted octanol–water partition coefficient (Wildman–Crippen LogP) is 2.68. The summed E-state index contributed by atoms with van der Waals surface area (Å²) < 4.78 is 6.28. The van der Waals surface area contributed by atoms with Crippen LogP contribution < -0.4 is 16.5 Å². The number of halogens is 2. The molecule has 0 aliphatic carbocycles. The quantitative estimate of drug-likeness (QED) is 0.396. The van der Waals surface area contributed by atoms with Crippen LogP contribution in [-0.2, 0) is 11.3 Å². The lowest BCUT2D eigenvalue weighted by Crippen LogP contribution is -2.39. The molecule has 0 spiro atoms. The van der Waals surface area contributed by atoms with Crippen LogP contribution in [0.4, 0.5) is 4.79 Å². The van der Waals surface area contributed by atoms with E-state index in [9.17, 15) is 9.59 Å². The van der Waals surface area contributed by atoms with Gasteiger partial charge in [-0.25, -0.2) is 9.47 Å².